The highest BCUT2D eigenvalue weighted by Gasteiger charge is 2.23. The topological polar surface area (TPSA) is 73.6 Å². The van der Waals surface area contributed by atoms with Crippen molar-refractivity contribution in [2.45, 2.75) is 19.5 Å². The lowest BCUT2D eigenvalue weighted by atomic mass is 9.94. The molecule has 0 fully saturated rings. The van der Waals surface area contributed by atoms with Crippen LogP contribution in [0.3, 0.4) is 0 Å². The van der Waals surface area contributed by atoms with Gasteiger partial charge in [0.05, 0.1) is 5.92 Å². The van der Waals surface area contributed by atoms with E-state index in [9.17, 15) is 4.79 Å². The van der Waals surface area contributed by atoms with Crippen LogP contribution in [0, 0.1) is 5.92 Å². The zero-order valence-corrected chi connectivity index (χ0v) is 14.2. The average molecular weight is 349 g/mol. The van der Waals surface area contributed by atoms with Crippen LogP contribution in [0.25, 0.3) is 0 Å². The maximum Gasteiger partial charge on any atom is 0.231 e. The molecular weight excluding hydrogens is 328 g/mol. The highest BCUT2D eigenvalue weighted by Crippen LogP contribution is 2.35. The minimum Gasteiger partial charge on any atom is -0.454 e. The third-order valence-electron chi connectivity index (χ3n) is 4.07. The number of nitrogens with two attached hydrogens (primary N) is 1. The number of ether oxygens (including phenoxy) is 2. The molecule has 0 saturated carbocycles. The minimum absolute atomic E-state index is 0. The summed E-state index contributed by atoms with van der Waals surface area (Å²) in [6.07, 6.45) is 0. The largest absolute Gasteiger partial charge is 0.454 e. The van der Waals surface area contributed by atoms with Gasteiger partial charge in [-0.05, 0) is 11.6 Å². The maximum atomic E-state index is 12.4. The summed E-state index contributed by atoms with van der Waals surface area (Å²) in [4.78, 5) is 12.4. The van der Waals surface area contributed by atoms with Crippen molar-refractivity contribution >= 4 is 18.3 Å². The number of benzene rings is 2. The van der Waals surface area contributed by atoms with E-state index in [1.54, 1.807) is 0 Å². The van der Waals surface area contributed by atoms with Crippen molar-refractivity contribution in [3.8, 4) is 11.5 Å². The monoisotopic (exact) mass is 348 g/mol. The molecule has 1 amide bonds. The van der Waals surface area contributed by atoms with Crippen LogP contribution < -0.4 is 20.5 Å². The molecule has 3 rings (SSSR count). The van der Waals surface area contributed by atoms with Crippen LogP contribution >= 0.6 is 12.4 Å². The number of carbonyl (C=O) groups is 1. The normalized spacial score (nSPS) is 14.4. The van der Waals surface area contributed by atoms with Crippen LogP contribution in [0.15, 0.2) is 48.5 Å². The smallest absolute Gasteiger partial charge is 0.231 e. The maximum absolute atomic E-state index is 12.4. The number of hydrogen-bond donors (Lipinski definition) is 2. The Morgan fingerprint density at radius 3 is 2.67 bits per heavy atom. The number of fused-ring (bicyclic) bond motifs is 1. The van der Waals surface area contributed by atoms with Gasteiger partial charge in [0, 0.05) is 18.2 Å². The Labute approximate surface area is 147 Å². The van der Waals surface area contributed by atoms with Crippen LogP contribution in [0.2, 0.25) is 0 Å². The van der Waals surface area contributed by atoms with Crippen LogP contribution in [0.1, 0.15) is 24.1 Å². The van der Waals surface area contributed by atoms with Crippen LogP contribution in [0.5, 0.6) is 11.5 Å². The Hall–Kier alpha value is -2.24. The van der Waals surface area contributed by atoms with Crippen LogP contribution in [-0.2, 0) is 11.3 Å². The highest BCUT2D eigenvalue weighted by molar-refractivity contribution is 5.85. The molecule has 2 aromatic rings. The molecular formula is C18H21ClN2O3. The van der Waals surface area contributed by atoms with Crippen LogP contribution in [0.4, 0.5) is 0 Å². The predicted octanol–water partition coefficient (Wildman–Crippen LogP) is 2.79. The number of rotatable bonds is 5. The molecule has 0 bridgehead atoms. The first-order valence-electron chi connectivity index (χ1n) is 7.62. The van der Waals surface area contributed by atoms with E-state index in [0.717, 1.165) is 11.1 Å². The van der Waals surface area contributed by atoms with E-state index in [2.05, 4.69) is 5.32 Å². The van der Waals surface area contributed by atoms with Crippen LogP contribution in [-0.4, -0.2) is 12.7 Å². The van der Waals surface area contributed by atoms with Gasteiger partial charge in [-0.2, -0.15) is 0 Å². The van der Waals surface area contributed by atoms with Gasteiger partial charge in [0.2, 0.25) is 12.7 Å². The Balaban J connectivity index is 0.00000208. The molecule has 2 atom stereocenters. The number of carbonyl (C=O) groups excluding carboxylic acids is 1. The third-order valence-corrected chi connectivity index (χ3v) is 4.07. The predicted molar refractivity (Wildman–Crippen MR) is 94.2 cm³/mol. The van der Waals surface area contributed by atoms with E-state index < -0.39 is 0 Å². The lowest BCUT2D eigenvalue weighted by molar-refractivity contribution is -0.125. The second kappa shape index (κ2) is 8.04. The summed E-state index contributed by atoms with van der Waals surface area (Å²) in [5, 5.41) is 2.92. The highest BCUT2D eigenvalue weighted by atomic mass is 35.5. The lowest BCUT2D eigenvalue weighted by Gasteiger charge is -2.20. The molecule has 0 aromatic heterocycles. The zero-order valence-electron chi connectivity index (χ0n) is 13.4. The van der Waals surface area contributed by atoms with Gasteiger partial charge in [-0.25, -0.2) is 0 Å². The zero-order chi connectivity index (χ0) is 16.2. The fourth-order valence-corrected chi connectivity index (χ4v) is 2.60. The van der Waals surface area contributed by atoms with Crippen molar-refractivity contribution in [3.05, 3.63) is 59.7 Å². The summed E-state index contributed by atoms with van der Waals surface area (Å²) >= 11 is 0. The lowest BCUT2D eigenvalue weighted by Crippen LogP contribution is -2.35. The molecule has 5 nitrogen and oxygen atoms in total. The SMILES string of the molecule is CC(C(=O)NCc1cccc2c1OCO2)C(N)c1ccccc1.Cl. The Kier molecular flexibility index (Phi) is 6.06. The first kappa shape index (κ1) is 18.1. The van der Waals surface area contributed by atoms with E-state index >= 15 is 0 Å². The van der Waals surface area contributed by atoms with Crippen molar-refractivity contribution in [3.63, 3.8) is 0 Å². The van der Waals surface area contributed by atoms with Gasteiger partial charge in [-0.1, -0.05) is 49.4 Å². The Bertz CT molecular complexity index is 694. The van der Waals surface area contributed by atoms with E-state index in [1.165, 1.54) is 0 Å². The second-order valence-electron chi connectivity index (χ2n) is 5.59. The standard InChI is InChI=1S/C18H20N2O3.ClH/c1-12(16(19)13-6-3-2-4-7-13)18(21)20-10-14-8-5-9-15-17(14)23-11-22-15;/h2-9,12,16H,10-11,19H2,1H3,(H,20,21);1H. The van der Waals surface area contributed by atoms with Gasteiger partial charge in [-0.3, -0.25) is 4.79 Å². The molecule has 24 heavy (non-hydrogen) atoms. The number of halogens is 1. The Morgan fingerprint density at radius 2 is 1.92 bits per heavy atom. The van der Waals surface area contributed by atoms with E-state index in [-0.39, 0.29) is 37.1 Å². The summed E-state index contributed by atoms with van der Waals surface area (Å²) in [6.45, 7) is 2.44. The minimum atomic E-state index is -0.336. The molecule has 1 heterocycles. The van der Waals surface area contributed by atoms with Crippen molar-refractivity contribution < 1.29 is 14.3 Å². The molecule has 0 spiro atoms. The van der Waals surface area contributed by atoms with Crippen molar-refractivity contribution in [2.75, 3.05) is 6.79 Å². The molecule has 128 valence electrons. The van der Waals surface area contributed by atoms with Gasteiger partial charge < -0.3 is 20.5 Å². The van der Waals surface area contributed by atoms with E-state index in [1.807, 2.05) is 55.5 Å². The first-order chi connectivity index (χ1) is 11.2. The third kappa shape index (κ3) is 3.80. The number of amides is 1. The summed E-state index contributed by atoms with van der Waals surface area (Å²) < 4.78 is 10.8. The van der Waals surface area contributed by atoms with Crippen molar-refractivity contribution in [1.29, 1.82) is 0 Å². The number of hydrogen-bond acceptors (Lipinski definition) is 4. The molecule has 3 N–H and O–H groups in total. The quantitative estimate of drug-likeness (QED) is 0.871. The number of nitrogens with one attached hydrogen (secondary N) is 1. The molecule has 1 aliphatic heterocycles. The average Bonchev–Trinajstić information content (AvgIpc) is 3.08. The van der Waals surface area contributed by atoms with E-state index in [0.29, 0.717) is 18.0 Å². The fraction of sp³-hybridized carbons (Fsp3) is 0.278. The van der Waals surface area contributed by atoms with Crippen molar-refractivity contribution in [1.82, 2.24) is 5.32 Å². The number of para-hydroxylation sites is 1. The summed E-state index contributed by atoms with van der Waals surface area (Å²) in [7, 11) is 0. The molecule has 2 unspecified atom stereocenters. The van der Waals surface area contributed by atoms with Gasteiger partial charge >= 0.3 is 0 Å². The van der Waals surface area contributed by atoms with Gasteiger partial charge in [-0.15, -0.1) is 12.4 Å². The molecule has 0 saturated heterocycles. The molecule has 1 aliphatic rings. The van der Waals surface area contributed by atoms with Gasteiger partial charge in [0.25, 0.3) is 0 Å². The summed E-state index contributed by atoms with van der Waals surface area (Å²) in [5.41, 5.74) is 8.04. The Morgan fingerprint density at radius 1 is 1.17 bits per heavy atom. The fourth-order valence-electron chi connectivity index (χ4n) is 2.60. The first-order valence-corrected chi connectivity index (χ1v) is 7.62. The van der Waals surface area contributed by atoms with Gasteiger partial charge in [0.1, 0.15) is 0 Å². The molecule has 6 heteroatoms. The molecule has 0 radical (unpaired) electrons. The summed E-state index contributed by atoms with van der Waals surface area (Å²) in [6, 6.07) is 14.9. The second-order valence-corrected chi connectivity index (χ2v) is 5.59. The van der Waals surface area contributed by atoms with E-state index in [4.69, 9.17) is 15.2 Å². The summed E-state index contributed by atoms with van der Waals surface area (Å²) in [5.74, 6) is 1.00. The molecule has 2 aromatic carbocycles. The van der Waals surface area contributed by atoms with Gasteiger partial charge in [0.15, 0.2) is 11.5 Å². The van der Waals surface area contributed by atoms with Crippen molar-refractivity contribution in [2.24, 2.45) is 11.7 Å². The molecule has 0 aliphatic carbocycles.